The summed E-state index contributed by atoms with van der Waals surface area (Å²) in [6.07, 6.45) is 2.50. The lowest BCUT2D eigenvalue weighted by atomic mass is 10.2. The van der Waals surface area contributed by atoms with Crippen LogP contribution < -0.4 is 5.32 Å². The zero-order chi connectivity index (χ0) is 6.53. The van der Waals surface area contributed by atoms with Crippen molar-refractivity contribution in [2.75, 3.05) is 19.8 Å². The molecule has 1 saturated heterocycles. The first-order valence-corrected chi connectivity index (χ1v) is 3.74. The van der Waals surface area contributed by atoms with Crippen LogP contribution in [0.2, 0.25) is 0 Å². The van der Waals surface area contributed by atoms with Crippen molar-refractivity contribution >= 4 is 0 Å². The van der Waals surface area contributed by atoms with Gasteiger partial charge in [0, 0.05) is 12.6 Å². The molecule has 1 heterocycles. The Morgan fingerprint density at radius 3 is 3.11 bits per heavy atom. The second-order valence-electron chi connectivity index (χ2n) is 2.51. The Kier molecular flexibility index (Phi) is 3.01. The zero-order valence-electron chi connectivity index (χ0n) is 6.02. The van der Waals surface area contributed by atoms with Gasteiger partial charge in [0.25, 0.3) is 0 Å². The lowest BCUT2D eigenvalue weighted by molar-refractivity contribution is 0.0740. The molecule has 1 fully saturated rings. The van der Waals surface area contributed by atoms with Gasteiger partial charge in [-0.05, 0) is 6.42 Å². The molecular weight excluding hydrogens is 114 g/mol. The van der Waals surface area contributed by atoms with E-state index in [1.54, 1.807) is 0 Å². The van der Waals surface area contributed by atoms with E-state index in [1.807, 2.05) is 0 Å². The predicted octanol–water partition coefficient (Wildman–Crippen LogP) is 0.775. The standard InChI is InChI=1S/C7H15NO/c1-2-3-7-6-9-5-4-8-7/h7-8H,2-6H2,1H3/t7-/m0/s1. The van der Waals surface area contributed by atoms with E-state index in [4.69, 9.17) is 4.74 Å². The predicted molar refractivity (Wildman–Crippen MR) is 37.5 cm³/mol. The Hall–Kier alpha value is -0.0800. The minimum absolute atomic E-state index is 0.628. The molecule has 1 atom stereocenters. The third-order valence-electron chi connectivity index (χ3n) is 1.64. The molecule has 9 heavy (non-hydrogen) atoms. The monoisotopic (exact) mass is 129 g/mol. The molecule has 1 aliphatic rings. The van der Waals surface area contributed by atoms with E-state index in [2.05, 4.69) is 12.2 Å². The second kappa shape index (κ2) is 3.85. The summed E-state index contributed by atoms with van der Waals surface area (Å²) in [7, 11) is 0. The van der Waals surface area contributed by atoms with Crippen LogP contribution in [0.1, 0.15) is 19.8 Å². The van der Waals surface area contributed by atoms with Crippen molar-refractivity contribution in [2.24, 2.45) is 0 Å². The average Bonchev–Trinajstić information content (AvgIpc) is 1.91. The maximum atomic E-state index is 5.27. The lowest BCUT2D eigenvalue weighted by Gasteiger charge is -2.22. The highest BCUT2D eigenvalue weighted by Crippen LogP contribution is 1.99. The van der Waals surface area contributed by atoms with Crippen LogP contribution >= 0.6 is 0 Å². The molecule has 0 spiro atoms. The fraction of sp³-hybridized carbons (Fsp3) is 1.00. The van der Waals surface area contributed by atoms with E-state index < -0.39 is 0 Å². The maximum absolute atomic E-state index is 5.27. The van der Waals surface area contributed by atoms with Gasteiger partial charge in [0.05, 0.1) is 13.2 Å². The van der Waals surface area contributed by atoms with Crippen molar-refractivity contribution < 1.29 is 4.74 Å². The van der Waals surface area contributed by atoms with Crippen LogP contribution in [-0.2, 0) is 4.74 Å². The van der Waals surface area contributed by atoms with E-state index in [0.29, 0.717) is 6.04 Å². The van der Waals surface area contributed by atoms with Crippen LogP contribution in [0.15, 0.2) is 0 Å². The van der Waals surface area contributed by atoms with Crippen LogP contribution in [0.4, 0.5) is 0 Å². The summed E-state index contributed by atoms with van der Waals surface area (Å²) in [5.74, 6) is 0. The highest BCUT2D eigenvalue weighted by atomic mass is 16.5. The molecule has 0 aromatic carbocycles. The molecule has 1 N–H and O–H groups in total. The number of morpholine rings is 1. The van der Waals surface area contributed by atoms with Crippen molar-refractivity contribution in [3.63, 3.8) is 0 Å². The van der Waals surface area contributed by atoms with Gasteiger partial charge in [0.15, 0.2) is 0 Å². The lowest BCUT2D eigenvalue weighted by Crippen LogP contribution is -2.40. The summed E-state index contributed by atoms with van der Waals surface area (Å²) in [6, 6.07) is 0.628. The van der Waals surface area contributed by atoms with E-state index in [-0.39, 0.29) is 0 Å². The molecule has 0 saturated carbocycles. The maximum Gasteiger partial charge on any atom is 0.0620 e. The molecular formula is C7H15NO. The topological polar surface area (TPSA) is 21.3 Å². The molecule has 1 aliphatic heterocycles. The van der Waals surface area contributed by atoms with Gasteiger partial charge in [-0.1, -0.05) is 13.3 Å². The molecule has 0 aromatic rings. The summed E-state index contributed by atoms with van der Waals surface area (Å²) < 4.78 is 5.27. The molecule has 2 nitrogen and oxygen atoms in total. The summed E-state index contributed by atoms with van der Waals surface area (Å²) >= 11 is 0. The van der Waals surface area contributed by atoms with Crippen molar-refractivity contribution in [1.82, 2.24) is 5.32 Å². The molecule has 1 rings (SSSR count). The summed E-state index contributed by atoms with van der Waals surface area (Å²) in [6.45, 7) is 5.04. The van der Waals surface area contributed by atoms with E-state index in [0.717, 1.165) is 19.8 Å². The van der Waals surface area contributed by atoms with Crippen molar-refractivity contribution in [3.8, 4) is 0 Å². The minimum Gasteiger partial charge on any atom is -0.379 e. The van der Waals surface area contributed by atoms with Gasteiger partial charge in [-0.15, -0.1) is 0 Å². The molecule has 0 aliphatic carbocycles. The molecule has 54 valence electrons. The summed E-state index contributed by atoms with van der Waals surface area (Å²) in [4.78, 5) is 0. The van der Waals surface area contributed by atoms with Gasteiger partial charge in [-0.2, -0.15) is 0 Å². The van der Waals surface area contributed by atoms with E-state index in [1.165, 1.54) is 12.8 Å². The summed E-state index contributed by atoms with van der Waals surface area (Å²) in [5, 5.41) is 3.40. The molecule has 0 unspecified atom stereocenters. The second-order valence-corrected chi connectivity index (χ2v) is 2.51. The fourth-order valence-corrected chi connectivity index (χ4v) is 1.15. The quantitative estimate of drug-likeness (QED) is 0.594. The largest absolute Gasteiger partial charge is 0.379 e. The van der Waals surface area contributed by atoms with Crippen LogP contribution in [0.25, 0.3) is 0 Å². The third kappa shape index (κ3) is 2.33. The Morgan fingerprint density at radius 1 is 1.67 bits per heavy atom. The number of hydrogen-bond donors (Lipinski definition) is 1. The van der Waals surface area contributed by atoms with Crippen LogP contribution in [0.5, 0.6) is 0 Å². The van der Waals surface area contributed by atoms with Crippen LogP contribution in [0, 0.1) is 0 Å². The smallest absolute Gasteiger partial charge is 0.0620 e. The molecule has 2 heteroatoms. The Bertz CT molecular complexity index is 66.6. The van der Waals surface area contributed by atoms with Gasteiger partial charge >= 0.3 is 0 Å². The van der Waals surface area contributed by atoms with Gasteiger partial charge < -0.3 is 10.1 Å². The van der Waals surface area contributed by atoms with Crippen molar-refractivity contribution in [2.45, 2.75) is 25.8 Å². The first-order valence-electron chi connectivity index (χ1n) is 3.74. The van der Waals surface area contributed by atoms with Gasteiger partial charge in [0.2, 0.25) is 0 Å². The highest BCUT2D eigenvalue weighted by Gasteiger charge is 2.10. The van der Waals surface area contributed by atoms with Gasteiger partial charge in [-0.25, -0.2) is 0 Å². The summed E-state index contributed by atoms with van der Waals surface area (Å²) in [5.41, 5.74) is 0. The zero-order valence-corrected chi connectivity index (χ0v) is 6.02. The van der Waals surface area contributed by atoms with Crippen LogP contribution in [-0.4, -0.2) is 25.8 Å². The van der Waals surface area contributed by atoms with E-state index >= 15 is 0 Å². The normalized spacial score (nSPS) is 28.3. The molecule has 0 amide bonds. The molecule has 0 radical (unpaired) electrons. The first kappa shape index (κ1) is 7.03. The third-order valence-corrected chi connectivity index (χ3v) is 1.64. The first-order chi connectivity index (χ1) is 4.43. The average molecular weight is 129 g/mol. The van der Waals surface area contributed by atoms with Gasteiger partial charge in [0.1, 0.15) is 0 Å². The van der Waals surface area contributed by atoms with E-state index in [9.17, 15) is 0 Å². The Labute approximate surface area is 56.6 Å². The molecule has 0 bridgehead atoms. The van der Waals surface area contributed by atoms with Gasteiger partial charge in [-0.3, -0.25) is 0 Å². The fourth-order valence-electron chi connectivity index (χ4n) is 1.15. The Balaban J connectivity index is 2.08. The van der Waals surface area contributed by atoms with Crippen molar-refractivity contribution in [3.05, 3.63) is 0 Å². The van der Waals surface area contributed by atoms with Crippen molar-refractivity contribution in [1.29, 1.82) is 0 Å². The number of nitrogens with one attached hydrogen (secondary N) is 1. The number of ether oxygens (including phenoxy) is 1. The highest BCUT2D eigenvalue weighted by molar-refractivity contribution is 4.68. The SMILES string of the molecule is CCC[C@H]1COCCN1. The molecule has 0 aromatic heterocycles. The number of rotatable bonds is 2. The number of hydrogen-bond acceptors (Lipinski definition) is 2. The van der Waals surface area contributed by atoms with Crippen LogP contribution in [0.3, 0.4) is 0 Å². The Morgan fingerprint density at radius 2 is 2.56 bits per heavy atom. The minimum atomic E-state index is 0.628.